The first-order valence-electron chi connectivity index (χ1n) is 7.28. The van der Waals surface area contributed by atoms with Crippen LogP contribution in [0, 0.1) is 18.6 Å². The lowest BCUT2D eigenvalue weighted by atomic mass is 10.1. The third-order valence-electron chi connectivity index (χ3n) is 3.48. The fourth-order valence-electron chi connectivity index (χ4n) is 2.31. The van der Waals surface area contributed by atoms with E-state index >= 15 is 0 Å². The number of nitrogens with zero attached hydrogens (tertiary/aromatic N) is 3. The zero-order valence-corrected chi connectivity index (χ0v) is 13.5. The molecule has 0 unspecified atom stereocenters. The Bertz CT molecular complexity index is 992. The minimum Gasteiger partial charge on any atom is -0.421 e. The van der Waals surface area contributed by atoms with E-state index in [1.54, 1.807) is 26.2 Å². The molecule has 0 saturated carbocycles. The number of nitrogens with two attached hydrogens (primary N) is 1. The third-order valence-corrected chi connectivity index (χ3v) is 3.48. The van der Waals surface area contributed by atoms with Crippen molar-refractivity contribution >= 4 is 5.82 Å². The number of aryl methyl sites for hydroxylation is 2. The van der Waals surface area contributed by atoms with Gasteiger partial charge < -0.3 is 15.0 Å². The molecule has 2 aromatic heterocycles. The summed E-state index contributed by atoms with van der Waals surface area (Å²) in [5, 5.41) is 0. The molecule has 128 valence electrons. The van der Waals surface area contributed by atoms with Gasteiger partial charge in [-0.2, -0.15) is 9.97 Å². The molecule has 8 heteroatoms. The van der Waals surface area contributed by atoms with Gasteiger partial charge in [-0.3, -0.25) is 4.79 Å². The number of pyridine rings is 1. The van der Waals surface area contributed by atoms with Gasteiger partial charge in [0, 0.05) is 36.5 Å². The van der Waals surface area contributed by atoms with Gasteiger partial charge in [0.1, 0.15) is 11.6 Å². The van der Waals surface area contributed by atoms with Crippen molar-refractivity contribution in [2.45, 2.75) is 6.92 Å². The lowest BCUT2D eigenvalue weighted by molar-refractivity contribution is 0.409. The van der Waals surface area contributed by atoms with Crippen molar-refractivity contribution < 1.29 is 13.5 Å². The quantitative estimate of drug-likeness (QED) is 0.790. The molecule has 0 aliphatic carbocycles. The van der Waals surface area contributed by atoms with Gasteiger partial charge in [0.2, 0.25) is 0 Å². The van der Waals surface area contributed by atoms with Crippen LogP contribution in [0.1, 0.15) is 5.56 Å². The zero-order chi connectivity index (χ0) is 18.1. The van der Waals surface area contributed by atoms with Crippen LogP contribution in [0.2, 0.25) is 0 Å². The van der Waals surface area contributed by atoms with Crippen molar-refractivity contribution in [3.05, 3.63) is 64.1 Å². The van der Waals surface area contributed by atoms with Gasteiger partial charge >= 0.3 is 6.01 Å². The topological polar surface area (TPSA) is 83.0 Å². The van der Waals surface area contributed by atoms with Crippen LogP contribution in [-0.2, 0) is 7.05 Å². The Hall–Kier alpha value is -3.29. The molecule has 0 atom stereocenters. The first-order valence-corrected chi connectivity index (χ1v) is 7.28. The predicted molar refractivity (Wildman–Crippen MR) is 88.3 cm³/mol. The Balaban J connectivity index is 2.02. The number of rotatable bonds is 3. The second kappa shape index (κ2) is 6.31. The highest BCUT2D eigenvalue weighted by atomic mass is 19.1. The van der Waals surface area contributed by atoms with Gasteiger partial charge in [-0.1, -0.05) is 0 Å². The summed E-state index contributed by atoms with van der Waals surface area (Å²) in [7, 11) is 1.62. The molecular formula is C17H14F2N4O2. The lowest BCUT2D eigenvalue weighted by Gasteiger charge is -2.09. The fraction of sp³-hybridized carbons (Fsp3) is 0.118. The van der Waals surface area contributed by atoms with Crippen molar-refractivity contribution in [1.82, 2.24) is 14.5 Å². The summed E-state index contributed by atoms with van der Waals surface area (Å²) in [5.74, 6) is -1.73. The third kappa shape index (κ3) is 3.47. The van der Waals surface area contributed by atoms with Crippen molar-refractivity contribution in [2.24, 2.45) is 7.05 Å². The van der Waals surface area contributed by atoms with Gasteiger partial charge in [-0.25, -0.2) is 8.78 Å². The average Bonchev–Trinajstić information content (AvgIpc) is 2.54. The number of nitrogen functional groups attached to an aromatic ring is 1. The maximum absolute atomic E-state index is 13.7. The Morgan fingerprint density at radius 3 is 2.60 bits per heavy atom. The number of hydrogen-bond donors (Lipinski definition) is 1. The van der Waals surface area contributed by atoms with Crippen molar-refractivity contribution in [3.8, 4) is 23.0 Å². The van der Waals surface area contributed by atoms with E-state index in [0.717, 1.165) is 12.1 Å². The molecule has 0 fully saturated rings. The van der Waals surface area contributed by atoms with Crippen LogP contribution in [0.3, 0.4) is 0 Å². The lowest BCUT2D eigenvalue weighted by Crippen LogP contribution is -2.18. The summed E-state index contributed by atoms with van der Waals surface area (Å²) in [4.78, 5) is 19.9. The number of benzene rings is 1. The molecule has 6 nitrogen and oxygen atoms in total. The van der Waals surface area contributed by atoms with Crippen LogP contribution >= 0.6 is 0 Å². The highest BCUT2D eigenvalue weighted by Crippen LogP contribution is 2.26. The van der Waals surface area contributed by atoms with Gasteiger partial charge in [-0.15, -0.1) is 0 Å². The van der Waals surface area contributed by atoms with Gasteiger partial charge in [0.05, 0.1) is 5.69 Å². The second-order valence-electron chi connectivity index (χ2n) is 5.47. The van der Waals surface area contributed by atoms with Crippen LogP contribution < -0.4 is 16.0 Å². The number of hydrogen-bond acceptors (Lipinski definition) is 5. The Morgan fingerprint density at radius 1 is 1.16 bits per heavy atom. The second-order valence-corrected chi connectivity index (χ2v) is 5.47. The molecule has 2 N–H and O–H groups in total. The normalized spacial score (nSPS) is 10.7. The highest BCUT2D eigenvalue weighted by Gasteiger charge is 2.12. The smallest absolute Gasteiger partial charge is 0.324 e. The summed E-state index contributed by atoms with van der Waals surface area (Å²) in [6.07, 6.45) is 1.60. The van der Waals surface area contributed by atoms with Crippen molar-refractivity contribution in [1.29, 1.82) is 0 Å². The molecule has 1 aromatic carbocycles. The first kappa shape index (κ1) is 16.6. The summed E-state index contributed by atoms with van der Waals surface area (Å²) in [6.45, 7) is 1.68. The van der Waals surface area contributed by atoms with E-state index in [1.807, 2.05) is 0 Å². The average molecular weight is 344 g/mol. The van der Waals surface area contributed by atoms with Gasteiger partial charge in [-0.05, 0) is 25.1 Å². The highest BCUT2D eigenvalue weighted by molar-refractivity contribution is 5.62. The number of anilines is 1. The molecule has 0 aliphatic heterocycles. The van der Waals surface area contributed by atoms with Gasteiger partial charge in [0.25, 0.3) is 5.56 Å². The van der Waals surface area contributed by atoms with Crippen LogP contribution in [-0.4, -0.2) is 14.5 Å². The van der Waals surface area contributed by atoms with E-state index in [1.165, 1.54) is 10.6 Å². The minimum absolute atomic E-state index is 0.106. The largest absolute Gasteiger partial charge is 0.421 e. The number of ether oxygens (including phenoxy) is 1. The van der Waals surface area contributed by atoms with E-state index in [-0.39, 0.29) is 23.1 Å². The number of aromatic nitrogens is 3. The first-order chi connectivity index (χ1) is 11.8. The molecule has 0 amide bonds. The van der Waals surface area contributed by atoms with Crippen LogP contribution in [0.15, 0.2) is 41.3 Å². The van der Waals surface area contributed by atoms with E-state index in [4.69, 9.17) is 10.5 Å². The fourth-order valence-corrected chi connectivity index (χ4v) is 2.31. The molecule has 0 spiro atoms. The summed E-state index contributed by atoms with van der Waals surface area (Å²) < 4.78 is 33.4. The maximum atomic E-state index is 13.7. The summed E-state index contributed by atoms with van der Waals surface area (Å²) >= 11 is 0. The molecule has 2 heterocycles. The molecule has 25 heavy (non-hydrogen) atoms. The molecule has 0 aliphatic rings. The monoisotopic (exact) mass is 344 g/mol. The Labute approximate surface area is 141 Å². The molecule has 0 bridgehead atoms. The minimum atomic E-state index is -0.884. The SMILES string of the molecule is Cc1cc(-c2cc(N)nc(Oc3ccc(F)cc3F)n2)cn(C)c1=O. The van der Waals surface area contributed by atoms with Crippen molar-refractivity contribution in [2.75, 3.05) is 5.73 Å². The molecular weight excluding hydrogens is 330 g/mol. The van der Waals surface area contributed by atoms with Crippen molar-refractivity contribution in [3.63, 3.8) is 0 Å². The molecule has 0 saturated heterocycles. The van der Waals surface area contributed by atoms with Crippen LogP contribution in [0.4, 0.5) is 14.6 Å². The standard InChI is InChI=1S/C17H14F2N4O2/c1-9-5-10(8-23(2)16(9)24)13-7-15(20)22-17(21-13)25-14-4-3-11(18)6-12(14)19/h3-8H,1-2H3,(H2,20,21,22). The van der Waals surface area contributed by atoms with Gasteiger partial charge in [0.15, 0.2) is 11.6 Å². The molecule has 3 aromatic rings. The number of halogens is 2. The van der Waals surface area contributed by atoms with Crippen LogP contribution in [0.25, 0.3) is 11.3 Å². The predicted octanol–water partition coefficient (Wildman–Crippen LogP) is 2.80. The van der Waals surface area contributed by atoms with E-state index in [9.17, 15) is 13.6 Å². The summed E-state index contributed by atoms with van der Waals surface area (Å²) in [5.41, 5.74) is 7.20. The molecule has 0 radical (unpaired) electrons. The van der Waals surface area contributed by atoms with E-state index in [2.05, 4.69) is 9.97 Å². The van der Waals surface area contributed by atoms with E-state index < -0.39 is 11.6 Å². The Kier molecular flexibility index (Phi) is 4.18. The molecule has 3 rings (SSSR count). The van der Waals surface area contributed by atoms with Crippen LogP contribution in [0.5, 0.6) is 11.8 Å². The summed E-state index contributed by atoms with van der Waals surface area (Å²) in [6, 6.07) is 5.86. The maximum Gasteiger partial charge on any atom is 0.324 e. The van der Waals surface area contributed by atoms with E-state index in [0.29, 0.717) is 22.9 Å². The Morgan fingerprint density at radius 2 is 1.92 bits per heavy atom. The zero-order valence-electron chi connectivity index (χ0n) is 13.5.